The van der Waals surface area contributed by atoms with Gasteiger partial charge in [-0.3, -0.25) is 9.69 Å². The summed E-state index contributed by atoms with van der Waals surface area (Å²) in [7, 11) is 0. The van der Waals surface area contributed by atoms with Crippen molar-refractivity contribution in [1.82, 2.24) is 9.88 Å². The van der Waals surface area contributed by atoms with Crippen molar-refractivity contribution in [3.63, 3.8) is 0 Å². The van der Waals surface area contributed by atoms with Gasteiger partial charge in [0.1, 0.15) is 12.0 Å². The van der Waals surface area contributed by atoms with Gasteiger partial charge < -0.3 is 15.7 Å². The van der Waals surface area contributed by atoms with Crippen molar-refractivity contribution in [2.75, 3.05) is 18.0 Å². The first-order chi connectivity index (χ1) is 16.2. The van der Waals surface area contributed by atoms with E-state index in [-0.39, 0.29) is 29.5 Å². The van der Waals surface area contributed by atoms with E-state index >= 15 is 0 Å². The van der Waals surface area contributed by atoms with Gasteiger partial charge in [-0.25, -0.2) is 4.98 Å². The molecule has 2 unspecified atom stereocenters. The number of hydrogen-bond donors (Lipinski definition) is 2. The number of anilines is 2. The molecule has 4 rings (SSSR count). The predicted molar refractivity (Wildman–Crippen MR) is 122 cm³/mol. The van der Waals surface area contributed by atoms with Gasteiger partial charge in [0.05, 0.1) is 11.1 Å². The van der Waals surface area contributed by atoms with E-state index in [4.69, 9.17) is 5.73 Å². The number of rotatable bonds is 7. The van der Waals surface area contributed by atoms with Crippen molar-refractivity contribution in [2.45, 2.75) is 25.4 Å². The molecule has 0 spiro atoms. The molecule has 1 aliphatic rings. The zero-order valence-corrected chi connectivity index (χ0v) is 18.3. The SMILES string of the molecule is NC(=O)c1cccnc1N(CC1CC(O)N(Cc2ccccc2)C1)c1cccc(C(F)(F)F)c1. The number of nitrogens with zero attached hydrogens (tertiary/aromatic N) is 3. The second-order valence-electron chi connectivity index (χ2n) is 8.39. The van der Waals surface area contributed by atoms with Crippen LogP contribution in [0.25, 0.3) is 0 Å². The molecule has 3 N–H and O–H groups in total. The average Bonchev–Trinajstić information content (AvgIpc) is 3.16. The maximum atomic E-state index is 13.4. The van der Waals surface area contributed by atoms with Gasteiger partial charge in [-0.1, -0.05) is 36.4 Å². The normalized spacial score (nSPS) is 18.7. The molecular weight excluding hydrogens is 445 g/mol. The van der Waals surface area contributed by atoms with Gasteiger partial charge in [-0.05, 0) is 48.2 Å². The lowest BCUT2D eigenvalue weighted by molar-refractivity contribution is -0.137. The molecule has 0 bridgehead atoms. The van der Waals surface area contributed by atoms with Gasteiger partial charge in [-0.15, -0.1) is 0 Å². The first kappa shape index (κ1) is 23.7. The zero-order valence-electron chi connectivity index (χ0n) is 18.3. The Morgan fingerprint density at radius 1 is 1.12 bits per heavy atom. The van der Waals surface area contributed by atoms with Crippen molar-refractivity contribution in [3.8, 4) is 0 Å². The minimum absolute atomic E-state index is 0.0870. The number of nitrogens with two attached hydrogens (primary N) is 1. The van der Waals surface area contributed by atoms with Crippen LogP contribution in [0.15, 0.2) is 72.9 Å². The van der Waals surface area contributed by atoms with Crippen molar-refractivity contribution in [1.29, 1.82) is 0 Å². The van der Waals surface area contributed by atoms with Crippen molar-refractivity contribution >= 4 is 17.4 Å². The number of aliphatic hydroxyl groups is 1. The van der Waals surface area contributed by atoms with Crippen LogP contribution < -0.4 is 10.6 Å². The molecule has 1 amide bonds. The first-order valence-electron chi connectivity index (χ1n) is 10.9. The number of alkyl halides is 3. The quantitative estimate of drug-likeness (QED) is 0.542. The summed E-state index contributed by atoms with van der Waals surface area (Å²) in [6.07, 6.45) is -3.31. The summed E-state index contributed by atoms with van der Waals surface area (Å²) >= 11 is 0. The molecule has 1 fully saturated rings. The van der Waals surface area contributed by atoms with Crippen LogP contribution in [0, 0.1) is 5.92 Å². The summed E-state index contributed by atoms with van der Waals surface area (Å²) < 4.78 is 40.2. The van der Waals surface area contributed by atoms with Gasteiger partial charge >= 0.3 is 6.18 Å². The number of aliphatic hydroxyl groups excluding tert-OH is 1. The fourth-order valence-corrected chi connectivity index (χ4v) is 4.32. The summed E-state index contributed by atoms with van der Waals surface area (Å²) in [5.41, 5.74) is 6.14. The average molecular weight is 470 g/mol. The monoisotopic (exact) mass is 470 g/mol. The Morgan fingerprint density at radius 2 is 1.88 bits per heavy atom. The van der Waals surface area contributed by atoms with Crippen LogP contribution in [0.4, 0.5) is 24.7 Å². The van der Waals surface area contributed by atoms with Crippen LogP contribution in [-0.2, 0) is 12.7 Å². The lowest BCUT2D eigenvalue weighted by Crippen LogP contribution is -2.31. The third-order valence-electron chi connectivity index (χ3n) is 5.92. The van der Waals surface area contributed by atoms with Gasteiger partial charge in [-0.2, -0.15) is 13.2 Å². The lowest BCUT2D eigenvalue weighted by Gasteiger charge is -2.28. The highest BCUT2D eigenvalue weighted by Gasteiger charge is 2.34. The van der Waals surface area contributed by atoms with Gasteiger partial charge in [0.2, 0.25) is 0 Å². The number of likely N-dealkylation sites (tertiary alicyclic amines) is 1. The minimum Gasteiger partial charge on any atom is -0.378 e. The highest BCUT2D eigenvalue weighted by Crippen LogP contribution is 2.36. The summed E-state index contributed by atoms with van der Waals surface area (Å²) in [6, 6.07) is 17.7. The number of amides is 1. The molecule has 0 saturated carbocycles. The summed E-state index contributed by atoms with van der Waals surface area (Å²) in [6.45, 7) is 1.34. The predicted octanol–water partition coefficient (Wildman–Crippen LogP) is 4.18. The van der Waals surface area contributed by atoms with Crippen LogP contribution >= 0.6 is 0 Å². The highest BCUT2D eigenvalue weighted by atomic mass is 19.4. The minimum atomic E-state index is -4.52. The number of hydrogen-bond acceptors (Lipinski definition) is 5. The Kier molecular flexibility index (Phi) is 6.85. The summed E-state index contributed by atoms with van der Waals surface area (Å²) in [5, 5.41) is 10.6. The maximum absolute atomic E-state index is 13.4. The van der Waals surface area contributed by atoms with Crippen molar-refractivity contribution < 1.29 is 23.1 Å². The van der Waals surface area contributed by atoms with E-state index in [1.165, 1.54) is 18.3 Å². The third kappa shape index (κ3) is 5.37. The standard InChI is InChI=1S/C25H25F3N4O2/c26-25(27,28)19-8-4-9-20(13-19)32(24-21(23(29)34)10-5-11-30-24)16-18-12-22(33)31(15-18)14-17-6-2-1-3-7-17/h1-11,13,18,22,33H,12,14-16H2,(H2,29,34). The molecule has 3 aromatic rings. The Labute approximate surface area is 195 Å². The van der Waals surface area contributed by atoms with Gasteiger partial charge in [0.15, 0.2) is 0 Å². The second-order valence-corrected chi connectivity index (χ2v) is 8.39. The summed E-state index contributed by atoms with van der Waals surface area (Å²) in [5.74, 6) is -0.626. The second kappa shape index (κ2) is 9.82. The fourth-order valence-electron chi connectivity index (χ4n) is 4.32. The van der Waals surface area contributed by atoms with Gasteiger partial charge in [0.25, 0.3) is 5.91 Å². The smallest absolute Gasteiger partial charge is 0.378 e. The lowest BCUT2D eigenvalue weighted by atomic mass is 10.1. The highest BCUT2D eigenvalue weighted by molar-refractivity contribution is 5.98. The van der Waals surface area contributed by atoms with Crippen LogP contribution in [0.2, 0.25) is 0 Å². The number of carbonyl (C=O) groups is 1. The van der Waals surface area contributed by atoms with E-state index in [9.17, 15) is 23.1 Å². The Bertz CT molecular complexity index is 1140. The zero-order chi connectivity index (χ0) is 24.3. The Balaban J connectivity index is 1.64. The van der Waals surface area contributed by atoms with Crippen molar-refractivity contribution in [2.24, 2.45) is 11.7 Å². The molecule has 2 aromatic carbocycles. The number of halogens is 3. The number of pyridine rings is 1. The molecule has 1 aliphatic heterocycles. The van der Waals surface area contributed by atoms with Crippen LogP contribution in [0.3, 0.4) is 0 Å². The van der Waals surface area contributed by atoms with Crippen LogP contribution in [0.5, 0.6) is 0 Å². The van der Waals surface area contributed by atoms with Gasteiger partial charge in [0, 0.05) is 31.5 Å². The molecule has 34 heavy (non-hydrogen) atoms. The molecule has 0 radical (unpaired) electrons. The number of benzene rings is 2. The van der Waals surface area contributed by atoms with E-state index < -0.39 is 23.9 Å². The van der Waals surface area contributed by atoms with E-state index in [1.807, 2.05) is 35.2 Å². The first-order valence-corrected chi connectivity index (χ1v) is 10.9. The molecule has 9 heteroatoms. The number of aromatic nitrogens is 1. The molecule has 2 atom stereocenters. The topological polar surface area (TPSA) is 82.7 Å². The Hall–Kier alpha value is -3.43. The largest absolute Gasteiger partial charge is 0.416 e. The molecule has 178 valence electrons. The van der Waals surface area contributed by atoms with E-state index in [1.54, 1.807) is 17.0 Å². The molecule has 2 heterocycles. The van der Waals surface area contributed by atoms with E-state index in [2.05, 4.69) is 4.98 Å². The van der Waals surface area contributed by atoms with E-state index in [0.717, 1.165) is 17.7 Å². The van der Waals surface area contributed by atoms with E-state index in [0.29, 0.717) is 19.5 Å². The third-order valence-corrected chi connectivity index (χ3v) is 5.92. The fraction of sp³-hybridized carbons (Fsp3) is 0.280. The number of carbonyl (C=O) groups excluding carboxylic acids is 1. The van der Waals surface area contributed by atoms with Crippen LogP contribution in [-0.4, -0.2) is 40.2 Å². The molecular formula is C25H25F3N4O2. The molecule has 1 aromatic heterocycles. The molecule has 0 aliphatic carbocycles. The van der Waals surface area contributed by atoms with Crippen molar-refractivity contribution in [3.05, 3.63) is 89.6 Å². The Morgan fingerprint density at radius 3 is 2.59 bits per heavy atom. The van der Waals surface area contributed by atoms with Crippen LogP contribution in [0.1, 0.15) is 27.9 Å². The molecule has 1 saturated heterocycles. The number of primary amides is 1. The molecule has 6 nitrogen and oxygen atoms in total. The maximum Gasteiger partial charge on any atom is 0.416 e. The summed E-state index contributed by atoms with van der Waals surface area (Å²) in [4.78, 5) is 19.9.